The number of esters is 1. The van der Waals surface area contributed by atoms with Crippen LogP contribution in [0.5, 0.6) is 11.5 Å². The van der Waals surface area contributed by atoms with Crippen LogP contribution in [0.2, 0.25) is 0 Å². The summed E-state index contributed by atoms with van der Waals surface area (Å²) < 4.78 is 16.4. The van der Waals surface area contributed by atoms with Crippen LogP contribution in [0.15, 0.2) is 29.5 Å². The lowest BCUT2D eigenvalue weighted by atomic mass is 9.93. The average molecular weight is 532 g/mol. The fraction of sp³-hybridized carbons (Fsp3) is 0.593. The Morgan fingerprint density at radius 3 is 2.47 bits per heavy atom. The molecule has 38 heavy (non-hydrogen) atoms. The fourth-order valence-electron chi connectivity index (χ4n) is 4.64. The summed E-state index contributed by atoms with van der Waals surface area (Å²) in [5.41, 5.74) is 1.16. The van der Waals surface area contributed by atoms with Crippen LogP contribution >= 0.6 is 0 Å². The minimum absolute atomic E-state index is 0.0925. The molecule has 2 aliphatic rings. The summed E-state index contributed by atoms with van der Waals surface area (Å²) in [5.74, 6) is 0.571. The van der Waals surface area contributed by atoms with Crippen LogP contribution in [-0.4, -0.2) is 98.9 Å². The van der Waals surface area contributed by atoms with Gasteiger partial charge >= 0.3 is 18.0 Å². The second kappa shape index (κ2) is 12.4. The summed E-state index contributed by atoms with van der Waals surface area (Å²) in [5, 5.41) is 5.95. The zero-order chi connectivity index (χ0) is 28.0. The first-order chi connectivity index (χ1) is 18.0. The Morgan fingerprint density at radius 1 is 1.11 bits per heavy atom. The lowest BCUT2D eigenvalue weighted by molar-refractivity contribution is -0.139. The van der Waals surface area contributed by atoms with Crippen molar-refractivity contribution in [3.05, 3.63) is 35.0 Å². The average Bonchev–Trinajstić information content (AvgIpc) is 3.11. The lowest BCUT2D eigenvalue weighted by Crippen LogP contribution is -2.50. The molecule has 0 radical (unpaired) electrons. The van der Waals surface area contributed by atoms with Crippen molar-refractivity contribution in [3.8, 4) is 11.5 Å². The number of ether oxygens (including phenoxy) is 3. The molecule has 3 rings (SSSR count). The van der Waals surface area contributed by atoms with Crippen LogP contribution in [0.25, 0.3) is 0 Å². The molecule has 0 aromatic heterocycles. The number of urea groups is 2. The molecule has 1 unspecified atom stereocenters. The van der Waals surface area contributed by atoms with Gasteiger partial charge in [-0.1, -0.05) is 0 Å². The van der Waals surface area contributed by atoms with E-state index in [0.29, 0.717) is 61.1 Å². The minimum atomic E-state index is -0.793. The number of methoxy groups -OCH3 is 2. The zero-order valence-electron chi connectivity index (χ0n) is 23.6. The number of hydrogen-bond donors (Lipinski definition) is 2. The Hall–Kier alpha value is -3.47. The highest BCUT2D eigenvalue weighted by atomic mass is 16.5. The Morgan fingerprint density at radius 2 is 1.84 bits per heavy atom. The van der Waals surface area contributed by atoms with Crippen LogP contribution in [0.4, 0.5) is 9.59 Å². The molecule has 0 aliphatic carbocycles. The third-order valence-electron chi connectivity index (χ3n) is 6.55. The number of nitrogens with zero attached hydrogens (tertiary/aromatic N) is 3. The number of rotatable bonds is 7. The van der Waals surface area contributed by atoms with Gasteiger partial charge in [0.15, 0.2) is 0 Å². The fourth-order valence-corrected chi connectivity index (χ4v) is 4.64. The SMILES string of the molecule is CCOC(=O)C1=C(CN2CCCN(C(=O)NC(C)(C)C)CC2)N(C)C(=O)NC1c1cc(OC)ccc1OC. The maximum Gasteiger partial charge on any atom is 0.338 e. The van der Waals surface area contributed by atoms with Crippen LogP contribution in [0, 0.1) is 0 Å². The monoisotopic (exact) mass is 531 g/mol. The van der Waals surface area contributed by atoms with E-state index in [0.717, 1.165) is 6.42 Å². The second-order valence-electron chi connectivity index (χ2n) is 10.4. The first kappa shape index (κ1) is 29.1. The summed E-state index contributed by atoms with van der Waals surface area (Å²) in [6.45, 7) is 10.6. The number of hydrogen-bond acceptors (Lipinski definition) is 7. The van der Waals surface area contributed by atoms with Crippen molar-refractivity contribution in [2.24, 2.45) is 0 Å². The summed E-state index contributed by atoms with van der Waals surface area (Å²) in [7, 11) is 4.73. The van der Waals surface area contributed by atoms with Gasteiger partial charge in [0, 0.05) is 56.6 Å². The molecule has 4 amide bonds. The Balaban J connectivity index is 1.96. The molecule has 1 aromatic rings. The van der Waals surface area contributed by atoms with Crippen molar-refractivity contribution in [3.63, 3.8) is 0 Å². The number of amides is 4. The second-order valence-corrected chi connectivity index (χ2v) is 10.4. The summed E-state index contributed by atoms with van der Waals surface area (Å²) in [6, 6.07) is 4.02. The molecule has 1 saturated heterocycles. The number of likely N-dealkylation sites (N-methyl/N-ethyl adjacent to an activating group) is 1. The number of carbonyl (C=O) groups is 3. The summed E-state index contributed by atoms with van der Waals surface area (Å²) in [4.78, 5) is 44.7. The van der Waals surface area contributed by atoms with Gasteiger partial charge in [-0.3, -0.25) is 9.80 Å². The van der Waals surface area contributed by atoms with E-state index in [1.165, 1.54) is 12.0 Å². The van der Waals surface area contributed by atoms with Crippen molar-refractivity contribution in [1.82, 2.24) is 25.3 Å². The Labute approximate surface area is 225 Å². The van der Waals surface area contributed by atoms with E-state index in [2.05, 4.69) is 15.5 Å². The van der Waals surface area contributed by atoms with Crippen molar-refractivity contribution in [2.75, 3.05) is 60.6 Å². The Bertz CT molecular complexity index is 1070. The van der Waals surface area contributed by atoms with E-state index >= 15 is 0 Å². The maximum absolute atomic E-state index is 13.4. The zero-order valence-corrected chi connectivity index (χ0v) is 23.6. The van der Waals surface area contributed by atoms with Crippen molar-refractivity contribution < 1.29 is 28.6 Å². The molecule has 0 saturated carbocycles. The molecule has 1 atom stereocenters. The van der Waals surface area contributed by atoms with Crippen LogP contribution in [0.1, 0.15) is 45.7 Å². The molecule has 2 aliphatic heterocycles. The third-order valence-corrected chi connectivity index (χ3v) is 6.55. The van der Waals surface area contributed by atoms with E-state index in [1.54, 1.807) is 39.3 Å². The van der Waals surface area contributed by atoms with E-state index in [9.17, 15) is 14.4 Å². The van der Waals surface area contributed by atoms with Crippen LogP contribution in [0.3, 0.4) is 0 Å². The number of carbonyl (C=O) groups excluding carboxylic acids is 3. The van der Waals surface area contributed by atoms with Crippen molar-refractivity contribution in [2.45, 2.75) is 45.7 Å². The van der Waals surface area contributed by atoms with Gasteiger partial charge in [0.05, 0.1) is 32.4 Å². The van der Waals surface area contributed by atoms with Gasteiger partial charge < -0.3 is 29.7 Å². The largest absolute Gasteiger partial charge is 0.497 e. The van der Waals surface area contributed by atoms with Crippen LogP contribution in [-0.2, 0) is 9.53 Å². The van der Waals surface area contributed by atoms with E-state index in [1.807, 2.05) is 25.7 Å². The van der Waals surface area contributed by atoms with E-state index < -0.39 is 12.0 Å². The number of benzene rings is 1. The van der Waals surface area contributed by atoms with Crippen molar-refractivity contribution in [1.29, 1.82) is 0 Å². The molecular formula is C27H41N5O6. The number of nitrogens with one attached hydrogen (secondary N) is 2. The van der Waals surface area contributed by atoms with E-state index in [-0.39, 0.29) is 24.2 Å². The van der Waals surface area contributed by atoms with Crippen LogP contribution < -0.4 is 20.1 Å². The summed E-state index contributed by atoms with van der Waals surface area (Å²) in [6.07, 6.45) is 0.766. The summed E-state index contributed by atoms with van der Waals surface area (Å²) >= 11 is 0. The predicted octanol–water partition coefficient (Wildman–Crippen LogP) is 2.73. The molecule has 0 bridgehead atoms. The highest BCUT2D eigenvalue weighted by Gasteiger charge is 2.39. The van der Waals surface area contributed by atoms with Gasteiger partial charge in [0.25, 0.3) is 0 Å². The standard InChI is InChI=1S/C27H41N5O6/c1-8-38-24(33)22-20(17-31-12-9-13-32(15-14-31)26(35)29-27(2,3)4)30(5)25(34)28-23(22)19-16-18(36-6)10-11-21(19)37-7/h10-11,16,23H,8-9,12-15,17H2,1-7H3,(H,28,34)(H,29,35). The molecule has 1 aromatic carbocycles. The molecule has 11 heteroatoms. The predicted molar refractivity (Wildman–Crippen MR) is 143 cm³/mol. The third kappa shape index (κ3) is 6.89. The maximum atomic E-state index is 13.4. The highest BCUT2D eigenvalue weighted by molar-refractivity contribution is 5.95. The first-order valence-electron chi connectivity index (χ1n) is 12.9. The lowest BCUT2D eigenvalue weighted by Gasteiger charge is -2.37. The van der Waals surface area contributed by atoms with Gasteiger partial charge in [-0.2, -0.15) is 0 Å². The molecular weight excluding hydrogens is 490 g/mol. The molecule has 11 nitrogen and oxygen atoms in total. The smallest absolute Gasteiger partial charge is 0.338 e. The normalized spacial score (nSPS) is 19.0. The first-order valence-corrected chi connectivity index (χ1v) is 12.9. The van der Waals surface area contributed by atoms with Gasteiger partial charge in [0.2, 0.25) is 0 Å². The minimum Gasteiger partial charge on any atom is -0.497 e. The molecule has 0 spiro atoms. The highest BCUT2D eigenvalue weighted by Crippen LogP contribution is 2.37. The molecule has 2 heterocycles. The van der Waals surface area contributed by atoms with Gasteiger partial charge in [-0.25, -0.2) is 14.4 Å². The van der Waals surface area contributed by atoms with Crippen molar-refractivity contribution >= 4 is 18.0 Å². The molecule has 1 fully saturated rings. The molecule has 2 N–H and O–H groups in total. The van der Waals surface area contributed by atoms with Gasteiger partial charge in [0.1, 0.15) is 11.5 Å². The van der Waals surface area contributed by atoms with Gasteiger partial charge in [-0.15, -0.1) is 0 Å². The topological polar surface area (TPSA) is 113 Å². The Kier molecular flexibility index (Phi) is 9.48. The van der Waals surface area contributed by atoms with Gasteiger partial charge in [-0.05, 0) is 52.3 Å². The van der Waals surface area contributed by atoms with E-state index in [4.69, 9.17) is 14.2 Å². The molecule has 210 valence electrons. The quantitative estimate of drug-likeness (QED) is 0.520.